The lowest BCUT2D eigenvalue weighted by Gasteiger charge is -2.26. The van der Waals surface area contributed by atoms with Gasteiger partial charge in [-0.15, -0.1) is 5.10 Å². The molecule has 1 aliphatic carbocycles. The molecule has 3 aliphatic rings. The Morgan fingerprint density at radius 3 is 2.54 bits per heavy atom. The Balaban J connectivity index is 1.31. The number of benzene rings is 1. The molecule has 3 heterocycles. The summed E-state index contributed by atoms with van der Waals surface area (Å²) in [7, 11) is 0. The molecule has 6 N–H and O–H groups in total. The van der Waals surface area contributed by atoms with Gasteiger partial charge >= 0.3 is 0 Å². The van der Waals surface area contributed by atoms with Gasteiger partial charge in [-0.3, -0.25) is 14.4 Å². The van der Waals surface area contributed by atoms with E-state index in [9.17, 15) is 29.7 Å². The first-order valence-electron chi connectivity index (χ1n) is 14.1. The van der Waals surface area contributed by atoms with Crippen molar-refractivity contribution >= 4 is 17.7 Å². The molecular weight excluding hydrogens is 534 g/mol. The van der Waals surface area contributed by atoms with Crippen LogP contribution >= 0.6 is 0 Å². The third-order valence-electron chi connectivity index (χ3n) is 7.89. The number of amides is 3. The summed E-state index contributed by atoms with van der Waals surface area (Å²) in [5.41, 5.74) is 1.06. The average molecular weight is 572 g/mol. The molecule has 0 radical (unpaired) electrons. The molecule has 2 unspecified atom stereocenters. The van der Waals surface area contributed by atoms with Crippen molar-refractivity contribution in [3.8, 4) is 11.4 Å². The van der Waals surface area contributed by atoms with Crippen LogP contribution in [-0.4, -0.2) is 116 Å². The third kappa shape index (κ3) is 7.19. The first kappa shape index (κ1) is 28.9. The summed E-state index contributed by atoms with van der Waals surface area (Å²) < 4.78 is 7.25. The SMILES string of the molecule is O=C1CN(CCNC2CCCC2)C(=O)C[C@@H]2O[C@H](CNC(=O)[C@@H](Cc3cn(-c4ccc(O)cc4)nn3)N1)C(O)C2O. The molecule has 41 heavy (non-hydrogen) atoms. The number of carbonyl (C=O) groups excluding carboxylic acids is 3. The maximum atomic E-state index is 13.3. The van der Waals surface area contributed by atoms with E-state index < -0.39 is 48.2 Å². The summed E-state index contributed by atoms with van der Waals surface area (Å²) >= 11 is 0. The van der Waals surface area contributed by atoms with Crippen molar-refractivity contribution < 1.29 is 34.4 Å². The number of aromatic nitrogens is 3. The molecule has 5 atom stereocenters. The Morgan fingerprint density at radius 1 is 1.05 bits per heavy atom. The molecule has 1 saturated carbocycles. The summed E-state index contributed by atoms with van der Waals surface area (Å²) in [5.74, 6) is -1.34. The van der Waals surface area contributed by atoms with Crippen LogP contribution in [0, 0.1) is 0 Å². The van der Waals surface area contributed by atoms with Crippen molar-refractivity contribution in [2.75, 3.05) is 26.2 Å². The Hall–Kier alpha value is -3.59. The van der Waals surface area contributed by atoms with Crippen LogP contribution in [-0.2, 0) is 25.5 Å². The van der Waals surface area contributed by atoms with E-state index in [-0.39, 0.29) is 38.2 Å². The van der Waals surface area contributed by atoms with Gasteiger partial charge in [0.05, 0.1) is 36.6 Å². The first-order chi connectivity index (χ1) is 19.8. The molecule has 1 aromatic carbocycles. The molecule has 0 spiro atoms. The van der Waals surface area contributed by atoms with Crippen LogP contribution in [0.5, 0.6) is 5.75 Å². The highest BCUT2D eigenvalue weighted by Crippen LogP contribution is 2.24. The molecule has 5 rings (SSSR count). The molecule has 3 amide bonds. The van der Waals surface area contributed by atoms with Gasteiger partial charge in [0.15, 0.2) is 0 Å². The minimum absolute atomic E-state index is 0.00612. The van der Waals surface area contributed by atoms with Gasteiger partial charge in [0.1, 0.15) is 30.1 Å². The van der Waals surface area contributed by atoms with E-state index in [1.807, 2.05) is 0 Å². The number of rotatable bonds is 7. The number of ether oxygens (including phenoxy) is 1. The summed E-state index contributed by atoms with van der Waals surface area (Å²) in [6, 6.07) is 5.66. The fourth-order valence-electron chi connectivity index (χ4n) is 5.57. The maximum Gasteiger partial charge on any atom is 0.243 e. The number of carbonyl (C=O) groups is 3. The fourth-order valence-corrected chi connectivity index (χ4v) is 5.57. The number of nitrogens with one attached hydrogen (secondary N) is 3. The molecule has 14 heteroatoms. The molecule has 3 fully saturated rings. The van der Waals surface area contributed by atoms with E-state index in [1.54, 1.807) is 18.3 Å². The number of aromatic hydroxyl groups is 1. The normalized spacial score (nSPS) is 28.1. The van der Waals surface area contributed by atoms with Gasteiger partial charge in [-0.05, 0) is 37.1 Å². The molecule has 2 aliphatic heterocycles. The number of hydrogen-bond acceptors (Lipinski definition) is 10. The van der Waals surface area contributed by atoms with Crippen LogP contribution in [0.4, 0.5) is 0 Å². The maximum absolute atomic E-state index is 13.3. The lowest BCUT2D eigenvalue weighted by atomic mass is 10.0. The van der Waals surface area contributed by atoms with E-state index in [0.717, 1.165) is 25.7 Å². The van der Waals surface area contributed by atoms with Crippen LogP contribution < -0.4 is 16.0 Å². The Labute approximate surface area is 237 Å². The predicted octanol–water partition coefficient (Wildman–Crippen LogP) is -1.63. The topological polar surface area (TPSA) is 191 Å². The van der Waals surface area contributed by atoms with Crippen LogP contribution in [0.2, 0.25) is 0 Å². The Morgan fingerprint density at radius 2 is 1.78 bits per heavy atom. The van der Waals surface area contributed by atoms with Crippen LogP contribution in [0.25, 0.3) is 5.69 Å². The highest BCUT2D eigenvalue weighted by Gasteiger charge is 2.44. The van der Waals surface area contributed by atoms with Crippen molar-refractivity contribution in [1.82, 2.24) is 35.8 Å². The summed E-state index contributed by atoms with van der Waals surface area (Å²) in [6.07, 6.45) is 1.42. The third-order valence-corrected chi connectivity index (χ3v) is 7.89. The first-order valence-corrected chi connectivity index (χ1v) is 14.1. The largest absolute Gasteiger partial charge is 0.508 e. The van der Waals surface area contributed by atoms with E-state index >= 15 is 0 Å². The monoisotopic (exact) mass is 571 g/mol. The molecule has 2 aromatic rings. The standard InChI is InChI=1S/C27H37N7O7/c35-19-7-5-18(6-8-19)34-14-17(31-32-34)11-20-27(40)29-13-22-26(39)25(38)21(41-22)12-24(37)33(15-23(36)30-20)10-9-28-16-3-1-2-4-16/h5-8,14,16,20-22,25-26,28,35,38-39H,1-4,9-13,15H2,(H,29,40)(H,30,36)/t20-,21+,22-,25?,26?/m1/s1. The van der Waals surface area contributed by atoms with Gasteiger partial charge in [-0.25, -0.2) is 4.68 Å². The number of hydrogen-bond donors (Lipinski definition) is 6. The predicted molar refractivity (Wildman–Crippen MR) is 144 cm³/mol. The number of phenolic OH excluding ortho intramolecular Hbond substituents is 1. The van der Waals surface area contributed by atoms with Crippen molar-refractivity contribution in [1.29, 1.82) is 0 Å². The second-order valence-electron chi connectivity index (χ2n) is 10.9. The second-order valence-corrected chi connectivity index (χ2v) is 10.9. The zero-order chi connectivity index (χ0) is 28.9. The van der Waals surface area contributed by atoms with E-state index in [0.29, 0.717) is 24.0 Å². The number of fused-ring (bicyclic) bond motifs is 2. The number of aliphatic hydroxyl groups is 2. The summed E-state index contributed by atoms with van der Waals surface area (Å²) in [5, 5.41) is 47.6. The van der Waals surface area contributed by atoms with Gasteiger partial charge in [0.2, 0.25) is 17.7 Å². The highest BCUT2D eigenvalue weighted by molar-refractivity contribution is 5.90. The lowest BCUT2D eigenvalue weighted by Crippen LogP contribution is -2.53. The zero-order valence-electron chi connectivity index (χ0n) is 22.7. The summed E-state index contributed by atoms with van der Waals surface area (Å²) in [4.78, 5) is 41.0. The molecule has 1 aromatic heterocycles. The second kappa shape index (κ2) is 12.9. The lowest BCUT2D eigenvalue weighted by molar-refractivity contribution is -0.139. The minimum Gasteiger partial charge on any atom is -0.508 e. The van der Waals surface area contributed by atoms with Crippen molar-refractivity contribution in [2.24, 2.45) is 0 Å². The number of phenols is 1. The zero-order valence-corrected chi connectivity index (χ0v) is 22.7. The van der Waals surface area contributed by atoms with Crippen molar-refractivity contribution in [3.63, 3.8) is 0 Å². The van der Waals surface area contributed by atoms with Crippen LogP contribution in [0.15, 0.2) is 30.5 Å². The quantitative estimate of drug-likeness (QED) is 0.225. The van der Waals surface area contributed by atoms with Gasteiger partial charge < -0.3 is 40.9 Å². The van der Waals surface area contributed by atoms with Gasteiger partial charge in [0.25, 0.3) is 0 Å². The van der Waals surface area contributed by atoms with E-state index in [1.165, 1.54) is 21.7 Å². The number of nitrogens with zero attached hydrogens (tertiary/aromatic N) is 4. The van der Waals surface area contributed by atoms with Crippen LogP contribution in [0.1, 0.15) is 37.8 Å². The smallest absolute Gasteiger partial charge is 0.243 e. The Kier molecular flexibility index (Phi) is 9.12. The fraction of sp³-hybridized carbons (Fsp3) is 0.593. The van der Waals surface area contributed by atoms with E-state index in [2.05, 4.69) is 26.3 Å². The molecule has 14 nitrogen and oxygen atoms in total. The Bertz CT molecular complexity index is 1220. The van der Waals surface area contributed by atoms with Crippen molar-refractivity contribution in [3.05, 3.63) is 36.2 Å². The highest BCUT2D eigenvalue weighted by atomic mass is 16.5. The van der Waals surface area contributed by atoms with Crippen LogP contribution in [0.3, 0.4) is 0 Å². The minimum atomic E-state index is -1.30. The van der Waals surface area contributed by atoms with Gasteiger partial charge in [-0.2, -0.15) is 0 Å². The summed E-state index contributed by atoms with van der Waals surface area (Å²) in [6.45, 7) is 0.343. The average Bonchev–Trinajstić information content (AvgIpc) is 3.70. The van der Waals surface area contributed by atoms with E-state index in [4.69, 9.17) is 4.74 Å². The molecule has 222 valence electrons. The van der Waals surface area contributed by atoms with Crippen molar-refractivity contribution in [2.45, 2.75) is 75.0 Å². The van der Waals surface area contributed by atoms with Gasteiger partial charge in [-0.1, -0.05) is 18.1 Å². The number of aliphatic hydroxyl groups excluding tert-OH is 2. The molecule has 2 saturated heterocycles. The molecular formula is C27H37N7O7. The molecule has 2 bridgehead atoms. The van der Waals surface area contributed by atoms with Gasteiger partial charge in [0, 0.05) is 32.1 Å².